The summed E-state index contributed by atoms with van der Waals surface area (Å²) in [6.45, 7) is 13.9. The lowest BCUT2D eigenvalue weighted by Gasteiger charge is -2.35. The van der Waals surface area contributed by atoms with E-state index >= 15 is 0 Å². The predicted octanol–water partition coefficient (Wildman–Crippen LogP) is 8.57. The number of alkyl carbamates (subject to hydrolysis) is 1. The topological polar surface area (TPSA) is 87.7 Å². The van der Waals surface area contributed by atoms with Crippen LogP contribution in [0.25, 0.3) is 10.8 Å². The highest BCUT2D eigenvalue weighted by molar-refractivity contribution is 6.00. The molecule has 0 aromatic heterocycles. The number of benzene rings is 3. The van der Waals surface area contributed by atoms with Gasteiger partial charge in [0.2, 0.25) is 5.91 Å². The maximum atomic E-state index is 14.5. The Kier molecular flexibility index (Phi) is 12.8. The maximum absolute atomic E-state index is 14.5. The minimum atomic E-state index is -0.893. The van der Waals surface area contributed by atoms with Crippen molar-refractivity contribution in [3.8, 4) is 0 Å². The fraction of sp³-hybridized carbons (Fsp3) is 0.486. The molecule has 238 valence electrons. The molecule has 2 unspecified atom stereocenters. The third kappa shape index (κ3) is 10.7. The van der Waals surface area contributed by atoms with Gasteiger partial charge in [0, 0.05) is 12.2 Å². The average molecular weight is 602 g/mol. The highest BCUT2D eigenvalue weighted by atomic mass is 16.6. The molecule has 7 heteroatoms. The summed E-state index contributed by atoms with van der Waals surface area (Å²) in [6.07, 6.45) is 4.75. The molecule has 0 fully saturated rings. The summed E-state index contributed by atoms with van der Waals surface area (Å²) in [4.78, 5) is 43.3. The van der Waals surface area contributed by atoms with Crippen LogP contribution < -0.4 is 10.6 Å². The third-order valence-electron chi connectivity index (χ3n) is 7.45. The Balaban J connectivity index is 2.02. The zero-order valence-electron chi connectivity index (χ0n) is 27.6. The number of anilines is 1. The number of rotatable bonds is 14. The molecule has 0 heterocycles. The molecule has 3 amide bonds. The number of aryl methyl sites for hydroxylation is 1. The lowest BCUT2D eigenvalue weighted by molar-refractivity contribution is -0.141. The number of unbranched alkanes of at least 4 members (excludes halogenated alkanes) is 4. The minimum absolute atomic E-state index is 0.120. The zero-order chi connectivity index (χ0) is 32.3. The van der Waals surface area contributed by atoms with Crippen LogP contribution >= 0.6 is 0 Å². The van der Waals surface area contributed by atoms with Crippen LogP contribution in [0.1, 0.15) is 97.2 Å². The van der Waals surface area contributed by atoms with Gasteiger partial charge in [0.05, 0.1) is 0 Å². The third-order valence-corrected chi connectivity index (χ3v) is 7.45. The van der Waals surface area contributed by atoms with Crippen molar-refractivity contribution in [2.45, 2.75) is 105 Å². The Morgan fingerprint density at radius 1 is 0.864 bits per heavy atom. The Bertz CT molecular complexity index is 1380. The van der Waals surface area contributed by atoms with Crippen molar-refractivity contribution >= 4 is 34.4 Å². The standard InChI is InChI=1S/C37H51N3O4/c1-8-9-10-11-14-23-40(35(42)32(24-26(2)3)39-36(43)44-37(5,6)7)33(29-19-17-27(4)18-20-29)34(41)38-31-22-21-28-15-12-13-16-30(28)25-31/h12-13,15-22,25-26,32-33H,8-11,14,23-24H2,1-7H3,(H,38,41)(H,39,43). The molecule has 2 N–H and O–H groups in total. The maximum Gasteiger partial charge on any atom is 0.408 e. The van der Waals surface area contributed by atoms with E-state index in [-0.39, 0.29) is 17.7 Å². The summed E-state index contributed by atoms with van der Waals surface area (Å²) < 4.78 is 5.52. The molecule has 0 bridgehead atoms. The van der Waals surface area contributed by atoms with Gasteiger partial charge in [-0.05, 0) is 74.9 Å². The lowest BCUT2D eigenvalue weighted by atomic mass is 9.98. The van der Waals surface area contributed by atoms with Gasteiger partial charge in [0.15, 0.2) is 0 Å². The van der Waals surface area contributed by atoms with Crippen LogP contribution in [0.15, 0.2) is 66.7 Å². The Labute approximate surface area is 263 Å². The molecule has 0 saturated heterocycles. The number of ether oxygens (including phenoxy) is 1. The fourth-order valence-corrected chi connectivity index (χ4v) is 5.29. The van der Waals surface area contributed by atoms with E-state index in [4.69, 9.17) is 4.74 Å². The Morgan fingerprint density at radius 2 is 1.52 bits per heavy atom. The van der Waals surface area contributed by atoms with Crippen molar-refractivity contribution in [1.29, 1.82) is 0 Å². The highest BCUT2D eigenvalue weighted by Crippen LogP contribution is 2.28. The largest absolute Gasteiger partial charge is 0.444 e. The second kappa shape index (κ2) is 16.3. The van der Waals surface area contributed by atoms with Crippen LogP contribution in [-0.4, -0.2) is 41.0 Å². The van der Waals surface area contributed by atoms with Crippen LogP contribution in [0.4, 0.5) is 10.5 Å². The van der Waals surface area contributed by atoms with Crippen molar-refractivity contribution in [2.24, 2.45) is 5.92 Å². The normalized spacial score (nSPS) is 12.9. The summed E-state index contributed by atoms with van der Waals surface area (Å²) in [7, 11) is 0. The van der Waals surface area contributed by atoms with E-state index in [2.05, 4.69) is 17.6 Å². The molecule has 0 aliphatic rings. The first-order valence-electron chi connectivity index (χ1n) is 16.0. The molecule has 2 atom stereocenters. The van der Waals surface area contributed by atoms with Crippen molar-refractivity contribution in [1.82, 2.24) is 10.2 Å². The number of carbonyl (C=O) groups excluding carboxylic acids is 3. The van der Waals surface area contributed by atoms with Crippen molar-refractivity contribution in [2.75, 3.05) is 11.9 Å². The molecule has 0 spiro atoms. The highest BCUT2D eigenvalue weighted by Gasteiger charge is 2.36. The van der Waals surface area contributed by atoms with E-state index in [0.29, 0.717) is 18.7 Å². The Hall–Kier alpha value is -3.87. The molecule has 0 radical (unpaired) electrons. The molecule has 0 aliphatic heterocycles. The minimum Gasteiger partial charge on any atom is -0.444 e. The number of nitrogens with zero attached hydrogens (tertiary/aromatic N) is 1. The number of carbonyl (C=O) groups is 3. The van der Waals surface area contributed by atoms with E-state index in [1.165, 1.54) is 0 Å². The summed E-state index contributed by atoms with van der Waals surface area (Å²) in [5.41, 5.74) is 1.73. The van der Waals surface area contributed by atoms with E-state index in [1.807, 2.05) is 87.5 Å². The smallest absolute Gasteiger partial charge is 0.408 e. The number of nitrogens with one attached hydrogen (secondary N) is 2. The molecule has 44 heavy (non-hydrogen) atoms. The van der Waals surface area contributed by atoms with Gasteiger partial charge in [-0.25, -0.2) is 4.79 Å². The van der Waals surface area contributed by atoms with Gasteiger partial charge in [-0.2, -0.15) is 0 Å². The number of fused-ring (bicyclic) bond motifs is 1. The van der Waals surface area contributed by atoms with Crippen LogP contribution in [0, 0.1) is 12.8 Å². The van der Waals surface area contributed by atoms with Gasteiger partial charge in [-0.15, -0.1) is 0 Å². The number of hydrogen-bond donors (Lipinski definition) is 2. The van der Waals surface area contributed by atoms with E-state index < -0.39 is 23.8 Å². The second-order valence-corrected chi connectivity index (χ2v) is 13.1. The van der Waals surface area contributed by atoms with E-state index in [0.717, 1.165) is 54.0 Å². The van der Waals surface area contributed by atoms with Gasteiger partial charge in [-0.1, -0.05) is 107 Å². The van der Waals surface area contributed by atoms with Crippen LogP contribution in [0.3, 0.4) is 0 Å². The molecular formula is C37H51N3O4. The van der Waals surface area contributed by atoms with Gasteiger partial charge in [-0.3, -0.25) is 9.59 Å². The molecule has 3 aromatic rings. The lowest BCUT2D eigenvalue weighted by Crippen LogP contribution is -2.53. The average Bonchev–Trinajstić information content (AvgIpc) is 2.95. The fourth-order valence-electron chi connectivity index (χ4n) is 5.29. The molecule has 0 saturated carbocycles. The summed E-state index contributed by atoms with van der Waals surface area (Å²) in [5, 5.41) is 8.03. The molecule has 3 rings (SSSR count). The molecular weight excluding hydrogens is 550 g/mol. The monoisotopic (exact) mass is 601 g/mol. The van der Waals surface area contributed by atoms with Gasteiger partial charge in [0.1, 0.15) is 17.7 Å². The first kappa shape index (κ1) is 34.6. The Morgan fingerprint density at radius 3 is 2.16 bits per heavy atom. The molecule has 0 aliphatic carbocycles. The second-order valence-electron chi connectivity index (χ2n) is 13.1. The van der Waals surface area contributed by atoms with Gasteiger partial charge < -0.3 is 20.3 Å². The summed E-state index contributed by atoms with van der Waals surface area (Å²) >= 11 is 0. The van der Waals surface area contributed by atoms with Gasteiger partial charge in [0.25, 0.3) is 5.91 Å². The van der Waals surface area contributed by atoms with Crippen molar-refractivity contribution in [3.05, 3.63) is 77.9 Å². The van der Waals surface area contributed by atoms with Crippen LogP contribution in [0.5, 0.6) is 0 Å². The number of amides is 3. The van der Waals surface area contributed by atoms with Crippen molar-refractivity contribution < 1.29 is 19.1 Å². The van der Waals surface area contributed by atoms with E-state index in [1.54, 1.807) is 25.7 Å². The van der Waals surface area contributed by atoms with Gasteiger partial charge >= 0.3 is 6.09 Å². The molecule has 3 aromatic carbocycles. The summed E-state index contributed by atoms with van der Waals surface area (Å²) in [5.74, 6) is -0.472. The van der Waals surface area contributed by atoms with Crippen LogP contribution in [-0.2, 0) is 14.3 Å². The predicted molar refractivity (Wildman–Crippen MR) is 180 cm³/mol. The first-order chi connectivity index (χ1) is 20.9. The quantitative estimate of drug-likeness (QED) is 0.181. The van der Waals surface area contributed by atoms with E-state index in [9.17, 15) is 14.4 Å². The number of hydrogen-bond acceptors (Lipinski definition) is 4. The van der Waals surface area contributed by atoms with Crippen molar-refractivity contribution in [3.63, 3.8) is 0 Å². The first-order valence-corrected chi connectivity index (χ1v) is 16.0. The SMILES string of the molecule is CCCCCCCN(C(=O)C(CC(C)C)NC(=O)OC(C)(C)C)C(C(=O)Nc1ccc2ccccc2c1)c1ccc(C)cc1. The molecule has 7 nitrogen and oxygen atoms in total. The zero-order valence-corrected chi connectivity index (χ0v) is 27.6. The van der Waals surface area contributed by atoms with Crippen LogP contribution in [0.2, 0.25) is 0 Å². The summed E-state index contributed by atoms with van der Waals surface area (Å²) in [6, 6.07) is 19.8.